The van der Waals surface area contributed by atoms with Crippen molar-refractivity contribution < 1.29 is 14.7 Å². The molecule has 0 aliphatic rings. The maximum atomic E-state index is 12.1. The van der Waals surface area contributed by atoms with Gasteiger partial charge in [-0.05, 0) is 19.3 Å². The molecule has 0 rings (SSSR count). The molecule has 5 heteroatoms. The van der Waals surface area contributed by atoms with Crippen LogP contribution in [0.5, 0.6) is 0 Å². The van der Waals surface area contributed by atoms with Crippen molar-refractivity contribution in [1.29, 1.82) is 0 Å². The lowest BCUT2D eigenvalue weighted by Gasteiger charge is -2.26. The van der Waals surface area contributed by atoms with Crippen LogP contribution in [0.3, 0.4) is 0 Å². The van der Waals surface area contributed by atoms with E-state index in [1.54, 1.807) is 4.90 Å². The molecule has 0 saturated heterocycles. The molecule has 0 aromatic carbocycles. The van der Waals surface area contributed by atoms with E-state index in [0.29, 0.717) is 18.9 Å². The van der Waals surface area contributed by atoms with Crippen LogP contribution in [-0.4, -0.2) is 41.6 Å². The van der Waals surface area contributed by atoms with Crippen LogP contribution in [0.25, 0.3) is 0 Å². The van der Waals surface area contributed by atoms with Gasteiger partial charge in [0.05, 0.1) is 5.92 Å². The van der Waals surface area contributed by atoms with E-state index < -0.39 is 11.9 Å². The average molecular weight is 286 g/mol. The van der Waals surface area contributed by atoms with Crippen molar-refractivity contribution in [1.82, 2.24) is 10.2 Å². The molecule has 0 bridgehead atoms. The monoisotopic (exact) mass is 286 g/mol. The quantitative estimate of drug-likeness (QED) is 0.648. The number of carbonyl (C=O) groups is 2. The topological polar surface area (TPSA) is 69.6 Å². The fourth-order valence-electron chi connectivity index (χ4n) is 2.20. The van der Waals surface area contributed by atoms with E-state index >= 15 is 0 Å². The highest BCUT2D eigenvalue weighted by molar-refractivity contribution is 5.76. The Morgan fingerprint density at radius 2 is 1.75 bits per heavy atom. The van der Waals surface area contributed by atoms with Gasteiger partial charge < -0.3 is 15.3 Å². The lowest BCUT2D eigenvalue weighted by molar-refractivity contribution is -0.141. The molecule has 0 spiro atoms. The average Bonchev–Trinajstić information content (AvgIpc) is 2.44. The summed E-state index contributed by atoms with van der Waals surface area (Å²) in [6, 6.07) is -0.151. The fraction of sp³-hybridized carbons (Fsp3) is 0.867. The first-order valence-corrected chi connectivity index (χ1v) is 7.75. The highest BCUT2D eigenvalue weighted by Gasteiger charge is 2.20. The predicted octanol–water partition coefficient (Wildman–Crippen LogP) is 2.96. The molecule has 1 unspecified atom stereocenters. The van der Waals surface area contributed by atoms with Crippen LogP contribution in [0.15, 0.2) is 0 Å². The number of nitrogens with zero attached hydrogens (tertiary/aromatic N) is 1. The minimum Gasteiger partial charge on any atom is -0.481 e. The molecular weight excluding hydrogens is 256 g/mol. The zero-order valence-corrected chi connectivity index (χ0v) is 13.3. The van der Waals surface area contributed by atoms with Crippen LogP contribution in [0.2, 0.25) is 0 Å². The summed E-state index contributed by atoms with van der Waals surface area (Å²) >= 11 is 0. The van der Waals surface area contributed by atoms with E-state index in [1.165, 1.54) is 0 Å². The Bertz CT molecular complexity index is 291. The van der Waals surface area contributed by atoms with E-state index in [-0.39, 0.29) is 12.6 Å². The number of carbonyl (C=O) groups excluding carboxylic acids is 1. The third-order valence-electron chi connectivity index (χ3n) is 3.79. The molecule has 0 aliphatic carbocycles. The van der Waals surface area contributed by atoms with Crippen molar-refractivity contribution in [3.05, 3.63) is 0 Å². The Balaban J connectivity index is 4.36. The summed E-state index contributed by atoms with van der Waals surface area (Å²) in [5, 5.41) is 11.8. The molecule has 0 aromatic heterocycles. The second-order valence-corrected chi connectivity index (χ2v) is 5.23. The lowest BCUT2D eigenvalue weighted by Crippen LogP contribution is -2.44. The summed E-state index contributed by atoms with van der Waals surface area (Å²) in [6.07, 6.45) is 3.49. The third-order valence-corrected chi connectivity index (χ3v) is 3.79. The molecule has 0 aromatic rings. The minimum absolute atomic E-state index is 0.151. The molecular formula is C15H30N2O3. The Kier molecular flexibility index (Phi) is 9.86. The van der Waals surface area contributed by atoms with Crippen molar-refractivity contribution >= 4 is 12.0 Å². The maximum Gasteiger partial charge on any atom is 0.317 e. The number of nitrogens with one attached hydrogen (secondary N) is 1. The summed E-state index contributed by atoms with van der Waals surface area (Å²) < 4.78 is 0. The number of hydrogen-bond donors (Lipinski definition) is 2. The molecule has 20 heavy (non-hydrogen) atoms. The van der Waals surface area contributed by atoms with Gasteiger partial charge in [0.25, 0.3) is 0 Å². The Morgan fingerprint density at radius 1 is 1.15 bits per heavy atom. The largest absolute Gasteiger partial charge is 0.481 e. The van der Waals surface area contributed by atoms with Gasteiger partial charge in [-0.2, -0.15) is 0 Å². The van der Waals surface area contributed by atoms with Crippen LogP contribution in [0.1, 0.15) is 53.4 Å². The van der Waals surface area contributed by atoms with E-state index in [4.69, 9.17) is 5.11 Å². The number of urea groups is 1. The Hall–Kier alpha value is -1.26. The first-order chi connectivity index (χ1) is 9.49. The highest BCUT2D eigenvalue weighted by Crippen LogP contribution is 2.10. The number of carboxylic acid groups (broad SMARTS) is 1. The highest BCUT2D eigenvalue weighted by atomic mass is 16.4. The van der Waals surface area contributed by atoms with Gasteiger partial charge in [0.2, 0.25) is 0 Å². The number of hydrogen-bond acceptors (Lipinski definition) is 2. The van der Waals surface area contributed by atoms with Gasteiger partial charge >= 0.3 is 12.0 Å². The molecule has 2 N–H and O–H groups in total. The number of aliphatic carboxylic acids is 1. The Labute approximate surface area is 122 Å². The summed E-state index contributed by atoms with van der Waals surface area (Å²) in [7, 11) is 0. The van der Waals surface area contributed by atoms with Gasteiger partial charge in [0.1, 0.15) is 0 Å². The van der Waals surface area contributed by atoms with Crippen LogP contribution in [0, 0.1) is 11.8 Å². The van der Waals surface area contributed by atoms with Crippen molar-refractivity contribution in [2.45, 2.75) is 53.4 Å². The first-order valence-electron chi connectivity index (χ1n) is 7.75. The smallest absolute Gasteiger partial charge is 0.317 e. The predicted molar refractivity (Wildman–Crippen MR) is 80.8 cm³/mol. The van der Waals surface area contributed by atoms with Crippen molar-refractivity contribution in [2.75, 3.05) is 19.6 Å². The van der Waals surface area contributed by atoms with Crippen molar-refractivity contribution in [3.63, 3.8) is 0 Å². The number of rotatable bonds is 10. The zero-order chi connectivity index (χ0) is 15.5. The summed E-state index contributed by atoms with van der Waals surface area (Å²) in [4.78, 5) is 24.9. The molecule has 0 radical (unpaired) electrons. The van der Waals surface area contributed by atoms with Crippen LogP contribution in [-0.2, 0) is 4.79 Å². The molecule has 1 atom stereocenters. The van der Waals surface area contributed by atoms with Gasteiger partial charge in [-0.15, -0.1) is 0 Å². The standard InChI is InChI=1S/C15H30N2O3/c1-5-9-13(14(18)19)10-16-15(20)17(8-4)11-12(6-2)7-3/h12-13H,5-11H2,1-4H3,(H,16,20)(H,18,19). The molecule has 0 heterocycles. The van der Waals surface area contributed by atoms with E-state index in [0.717, 1.165) is 25.8 Å². The summed E-state index contributed by atoms with van der Waals surface area (Å²) in [5.41, 5.74) is 0. The SMILES string of the molecule is CCCC(CNC(=O)N(CC)CC(CC)CC)C(=O)O. The van der Waals surface area contributed by atoms with Gasteiger partial charge in [-0.25, -0.2) is 4.79 Å². The maximum absolute atomic E-state index is 12.1. The van der Waals surface area contributed by atoms with Gasteiger partial charge in [-0.3, -0.25) is 4.79 Å². The second-order valence-electron chi connectivity index (χ2n) is 5.23. The summed E-state index contributed by atoms with van der Waals surface area (Å²) in [5.74, 6) is -0.822. The minimum atomic E-state index is -0.838. The third kappa shape index (κ3) is 6.78. The van der Waals surface area contributed by atoms with Gasteiger partial charge in [0.15, 0.2) is 0 Å². The Morgan fingerprint density at radius 3 is 2.15 bits per heavy atom. The molecule has 5 nitrogen and oxygen atoms in total. The fourth-order valence-corrected chi connectivity index (χ4v) is 2.20. The number of amides is 2. The summed E-state index contributed by atoms with van der Waals surface area (Å²) in [6.45, 7) is 9.74. The molecule has 0 saturated carbocycles. The second kappa shape index (κ2) is 10.5. The molecule has 118 valence electrons. The van der Waals surface area contributed by atoms with E-state index in [1.807, 2.05) is 13.8 Å². The van der Waals surface area contributed by atoms with Gasteiger partial charge in [-0.1, -0.05) is 40.0 Å². The van der Waals surface area contributed by atoms with Crippen LogP contribution in [0.4, 0.5) is 4.79 Å². The first kappa shape index (κ1) is 18.7. The van der Waals surface area contributed by atoms with Crippen molar-refractivity contribution in [2.24, 2.45) is 11.8 Å². The molecule has 0 fully saturated rings. The normalized spacial score (nSPS) is 12.2. The van der Waals surface area contributed by atoms with E-state index in [2.05, 4.69) is 19.2 Å². The van der Waals surface area contributed by atoms with E-state index in [9.17, 15) is 9.59 Å². The lowest BCUT2D eigenvalue weighted by atomic mass is 10.0. The zero-order valence-electron chi connectivity index (χ0n) is 13.3. The van der Waals surface area contributed by atoms with Crippen molar-refractivity contribution in [3.8, 4) is 0 Å². The molecule has 2 amide bonds. The van der Waals surface area contributed by atoms with Crippen LogP contribution >= 0.6 is 0 Å². The van der Waals surface area contributed by atoms with Gasteiger partial charge in [0, 0.05) is 19.6 Å². The number of carboxylic acids is 1. The molecule has 0 aliphatic heterocycles. The van der Waals surface area contributed by atoms with Crippen LogP contribution < -0.4 is 5.32 Å².